The summed E-state index contributed by atoms with van der Waals surface area (Å²) in [5.41, 5.74) is 3.16. The summed E-state index contributed by atoms with van der Waals surface area (Å²) < 4.78 is 5.29. The quantitative estimate of drug-likeness (QED) is 0.218. The number of esters is 1. The third-order valence-corrected chi connectivity index (χ3v) is 6.78. The highest BCUT2D eigenvalue weighted by atomic mass is 28.3. The van der Waals surface area contributed by atoms with Crippen molar-refractivity contribution in [2.45, 2.75) is 71.2 Å². The largest absolute Gasteiger partial charge is 0.458 e. The van der Waals surface area contributed by atoms with E-state index in [4.69, 9.17) is 4.74 Å². The fourth-order valence-electron chi connectivity index (χ4n) is 2.51. The Labute approximate surface area is 143 Å². The molecule has 1 aromatic carbocycles. The molecule has 0 aromatic heterocycles. The molecule has 0 N–H and O–H groups in total. The van der Waals surface area contributed by atoms with Crippen molar-refractivity contribution in [3.63, 3.8) is 0 Å². The second kappa shape index (κ2) is 11.2. The van der Waals surface area contributed by atoms with Crippen molar-refractivity contribution < 1.29 is 9.53 Å². The summed E-state index contributed by atoms with van der Waals surface area (Å²) in [5, 5.41) is 0. The van der Waals surface area contributed by atoms with Gasteiger partial charge < -0.3 is 4.74 Å². The summed E-state index contributed by atoms with van der Waals surface area (Å²) in [6.07, 6.45) is 9.62. The zero-order chi connectivity index (χ0) is 17.0. The molecule has 0 aliphatic heterocycles. The molecule has 0 unspecified atom stereocenters. The molecule has 1 rings (SSSR count). The molecule has 0 aliphatic rings. The highest BCUT2D eigenvalue weighted by molar-refractivity contribution is 6.82. The van der Waals surface area contributed by atoms with E-state index in [2.05, 4.69) is 25.7 Å². The van der Waals surface area contributed by atoms with Crippen LogP contribution in [-0.4, -0.2) is 14.0 Å². The first-order valence-electron chi connectivity index (χ1n) is 8.93. The zero-order valence-electron chi connectivity index (χ0n) is 15.0. The van der Waals surface area contributed by atoms with Gasteiger partial charge >= 0.3 is 5.97 Å². The Morgan fingerprint density at radius 3 is 2.39 bits per heavy atom. The molecule has 23 heavy (non-hydrogen) atoms. The lowest BCUT2D eigenvalue weighted by atomic mass is 10.1. The average Bonchev–Trinajstić information content (AvgIpc) is 2.55. The number of hydrogen-bond acceptors (Lipinski definition) is 2. The molecule has 0 aliphatic carbocycles. The van der Waals surface area contributed by atoms with E-state index in [-0.39, 0.29) is 5.97 Å². The molecule has 3 heteroatoms. The molecule has 0 heterocycles. The van der Waals surface area contributed by atoms with Crippen LogP contribution in [-0.2, 0) is 16.1 Å². The maximum absolute atomic E-state index is 11.8. The van der Waals surface area contributed by atoms with E-state index in [1.54, 1.807) is 6.08 Å². The smallest absolute Gasteiger partial charge is 0.330 e. The van der Waals surface area contributed by atoms with Crippen molar-refractivity contribution in [3.8, 4) is 0 Å². The van der Waals surface area contributed by atoms with E-state index in [1.807, 2.05) is 30.3 Å². The van der Waals surface area contributed by atoms with Crippen molar-refractivity contribution in [3.05, 3.63) is 47.7 Å². The molecule has 0 fully saturated rings. The molecule has 0 amide bonds. The Kier molecular flexibility index (Phi) is 9.61. The second-order valence-corrected chi connectivity index (χ2v) is 11.7. The molecular weight excluding hydrogens is 300 g/mol. The van der Waals surface area contributed by atoms with Crippen molar-refractivity contribution in [1.29, 1.82) is 0 Å². The van der Waals surface area contributed by atoms with Crippen molar-refractivity contribution in [2.75, 3.05) is 0 Å². The van der Waals surface area contributed by atoms with E-state index in [9.17, 15) is 4.79 Å². The molecule has 0 bridgehead atoms. The van der Waals surface area contributed by atoms with Crippen LogP contribution < -0.4 is 0 Å². The average molecular weight is 333 g/mol. The lowest BCUT2D eigenvalue weighted by Crippen LogP contribution is -2.22. The Hall–Kier alpha value is -1.35. The Balaban J connectivity index is 2.23. The van der Waals surface area contributed by atoms with Gasteiger partial charge in [-0.2, -0.15) is 0 Å². The summed E-state index contributed by atoms with van der Waals surface area (Å²) >= 11 is 0. The van der Waals surface area contributed by atoms with Crippen molar-refractivity contribution in [2.24, 2.45) is 0 Å². The zero-order valence-corrected chi connectivity index (χ0v) is 16.0. The third kappa shape index (κ3) is 10.1. The standard InChI is InChI=1S/C20H32O2Si/c1-4-5-6-7-8-12-16-23(2,3)17-15-20(21)22-18-19-13-10-9-11-14-19/h9-11,13-15,17H,4-8,12,16,18H2,1-3H3. The number of carbonyl (C=O) groups is 1. The monoisotopic (exact) mass is 332 g/mol. The predicted molar refractivity (Wildman–Crippen MR) is 101 cm³/mol. The predicted octanol–water partition coefficient (Wildman–Crippen LogP) is 5.89. The lowest BCUT2D eigenvalue weighted by Gasteiger charge is -2.17. The van der Waals surface area contributed by atoms with Gasteiger partial charge in [0, 0.05) is 6.08 Å². The van der Waals surface area contributed by atoms with Gasteiger partial charge in [0.1, 0.15) is 6.61 Å². The van der Waals surface area contributed by atoms with E-state index in [1.165, 1.54) is 44.6 Å². The first-order valence-corrected chi connectivity index (χ1v) is 12.2. The molecule has 0 radical (unpaired) electrons. The third-order valence-electron chi connectivity index (χ3n) is 4.07. The van der Waals surface area contributed by atoms with Gasteiger partial charge in [0.25, 0.3) is 0 Å². The second-order valence-electron chi connectivity index (χ2n) is 6.93. The highest BCUT2D eigenvalue weighted by Crippen LogP contribution is 2.17. The molecule has 0 saturated heterocycles. The summed E-state index contributed by atoms with van der Waals surface area (Å²) in [6, 6.07) is 11.1. The van der Waals surface area contributed by atoms with Crippen molar-refractivity contribution in [1.82, 2.24) is 0 Å². The normalized spacial score (nSPS) is 11.8. The van der Waals surface area contributed by atoms with Crippen LogP contribution in [0.5, 0.6) is 0 Å². The Morgan fingerprint density at radius 1 is 1.04 bits per heavy atom. The summed E-state index contributed by atoms with van der Waals surface area (Å²) in [4.78, 5) is 11.8. The van der Waals surface area contributed by atoms with E-state index < -0.39 is 8.07 Å². The van der Waals surface area contributed by atoms with Gasteiger partial charge in [-0.1, -0.05) is 101 Å². The Morgan fingerprint density at radius 2 is 1.70 bits per heavy atom. The molecule has 0 atom stereocenters. The number of hydrogen-bond donors (Lipinski definition) is 0. The molecular formula is C20H32O2Si. The molecule has 0 saturated carbocycles. The molecule has 0 spiro atoms. The molecule has 128 valence electrons. The van der Waals surface area contributed by atoms with E-state index in [0.717, 1.165) is 5.56 Å². The molecule has 1 aromatic rings. The maximum Gasteiger partial charge on any atom is 0.330 e. The first-order chi connectivity index (χ1) is 11.0. The fourth-order valence-corrected chi connectivity index (χ4v) is 4.43. The minimum absolute atomic E-state index is 0.225. The SMILES string of the molecule is CCCCCCCC[Si](C)(C)C=CC(=O)OCc1ccccc1. The number of rotatable bonds is 11. The van der Waals surface area contributed by atoms with E-state index in [0.29, 0.717) is 6.61 Å². The van der Waals surface area contributed by atoms with E-state index >= 15 is 0 Å². The highest BCUT2D eigenvalue weighted by Gasteiger charge is 2.16. The van der Waals surface area contributed by atoms with Gasteiger partial charge in [-0.15, -0.1) is 0 Å². The van der Waals surface area contributed by atoms with Gasteiger partial charge in [-0.05, 0) is 5.56 Å². The van der Waals surface area contributed by atoms with Crippen LogP contribution in [0, 0.1) is 0 Å². The van der Waals surface area contributed by atoms with Gasteiger partial charge in [0.2, 0.25) is 0 Å². The van der Waals surface area contributed by atoms with Gasteiger partial charge in [0.05, 0.1) is 8.07 Å². The van der Waals surface area contributed by atoms with Crippen LogP contribution in [0.3, 0.4) is 0 Å². The number of benzene rings is 1. The van der Waals surface area contributed by atoms with Gasteiger partial charge in [-0.3, -0.25) is 0 Å². The minimum atomic E-state index is -1.42. The minimum Gasteiger partial charge on any atom is -0.458 e. The lowest BCUT2D eigenvalue weighted by molar-refractivity contribution is -0.139. The Bertz CT molecular complexity index is 466. The van der Waals surface area contributed by atoms with Crippen LogP contribution in [0.25, 0.3) is 0 Å². The summed E-state index contributed by atoms with van der Waals surface area (Å²) in [7, 11) is -1.42. The van der Waals surface area contributed by atoms with Crippen LogP contribution in [0.15, 0.2) is 42.1 Å². The number of unbranched alkanes of at least 4 members (excludes halogenated alkanes) is 5. The maximum atomic E-state index is 11.8. The molecule has 2 nitrogen and oxygen atoms in total. The van der Waals surface area contributed by atoms with Crippen LogP contribution in [0.1, 0.15) is 51.0 Å². The topological polar surface area (TPSA) is 26.3 Å². The summed E-state index contributed by atoms with van der Waals surface area (Å²) in [6.45, 7) is 7.24. The van der Waals surface area contributed by atoms with Gasteiger partial charge in [0.15, 0.2) is 0 Å². The van der Waals surface area contributed by atoms with Crippen LogP contribution in [0.4, 0.5) is 0 Å². The first kappa shape index (κ1) is 19.7. The van der Waals surface area contributed by atoms with Crippen LogP contribution >= 0.6 is 0 Å². The number of carbonyl (C=O) groups excluding carboxylic acids is 1. The van der Waals surface area contributed by atoms with Crippen molar-refractivity contribution >= 4 is 14.0 Å². The van der Waals surface area contributed by atoms with Crippen LogP contribution in [0.2, 0.25) is 19.1 Å². The number of ether oxygens (including phenoxy) is 1. The van der Waals surface area contributed by atoms with Gasteiger partial charge in [-0.25, -0.2) is 4.79 Å². The fraction of sp³-hybridized carbons (Fsp3) is 0.550. The summed E-state index contributed by atoms with van der Waals surface area (Å²) in [5.74, 6) is -0.225.